The number of rotatable bonds is 3. The van der Waals surface area contributed by atoms with E-state index in [0.717, 1.165) is 82.8 Å². The van der Waals surface area contributed by atoms with Gasteiger partial charge in [-0.15, -0.1) is 0 Å². The number of carbonyl (C=O) groups excluding carboxylic acids is 2. The zero-order chi connectivity index (χ0) is 22.3. The highest BCUT2D eigenvalue weighted by Crippen LogP contribution is 2.39. The van der Waals surface area contributed by atoms with Crippen molar-refractivity contribution in [2.45, 2.75) is 38.1 Å². The maximum absolute atomic E-state index is 13.5. The highest BCUT2D eigenvalue weighted by Gasteiger charge is 2.46. The van der Waals surface area contributed by atoms with Gasteiger partial charge in [0.15, 0.2) is 0 Å². The van der Waals surface area contributed by atoms with Gasteiger partial charge in [-0.1, -0.05) is 6.07 Å². The quantitative estimate of drug-likeness (QED) is 0.727. The van der Waals surface area contributed by atoms with Crippen molar-refractivity contribution in [1.82, 2.24) is 29.0 Å². The van der Waals surface area contributed by atoms with Gasteiger partial charge in [-0.2, -0.15) is 0 Å². The molecule has 0 aliphatic carbocycles. The fraction of sp³-hybridized carbons (Fsp3) is 0.625. The van der Waals surface area contributed by atoms with Crippen LogP contribution in [0.25, 0.3) is 5.65 Å². The summed E-state index contributed by atoms with van der Waals surface area (Å²) in [4.78, 5) is 39.6. The number of aromatic nitrogens is 2. The van der Waals surface area contributed by atoms with Crippen LogP contribution in [-0.4, -0.2) is 106 Å². The minimum absolute atomic E-state index is 0.0304. The summed E-state index contributed by atoms with van der Waals surface area (Å²) in [5.41, 5.74) is 2.27. The van der Waals surface area contributed by atoms with Crippen molar-refractivity contribution in [2.75, 3.05) is 59.4 Å². The lowest BCUT2D eigenvalue weighted by Crippen LogP contribution is -2.56. The third-order valence-electron chi connectivity index (χ3n) is 7.76. The van der Waals surface area contributed by atoms with Gasteiger partial charge in [0.25, 0.3) is 5.91 Å². The summed E-state index contributed by atoms with van der Waals surface area (Å²) in [6.45, 7) is 8.76. The Bertz CT molecular complexity index is 1000. The lowest BCUT2D eigenvalue weighted by Gasteiger charge is -2.45. The Morgan fingerprint density at radius 2 is 1.75 bits per heavy atom. The van der Waals surface area contributed by atoms with Crippen LogP contribution in [0.1, 0.15) is 41.9 Å². The first-order valence-corrected chi connectivity index (χ1v) is 11.9. The van der Waals surface area contributed by atoms with Crippen molar-refractivity contribution >= 4 is 17.5 Å². The molecule has 0 atom stereocenters. The number of hydrogen-bond acceptors (Lipinski definition) is 5. The molecular weight excluding hydrogens is 404 g/mol. The largest absolute Gasteiger partial charge is 0.341 e. The molecule has 3 saturated heterocycles. The third kappa shape index (κ3) is 3.90. The van der Waals surface area contributed by atoms with Crippen molar-refractivity contribution in [3.63, 3.8) is 0 Å². The van der Waals surface area contributed by atoms with Crippen LogP contribution in [0.3, 0.4) is 0 Å². The van der Waals surface area contributed by atoms with Crippen LogP contribution in [0.2, 0.25) is 0 Å². The smallest absolute Gasteiger partial charge is 0.274 e. The Hall–Kier alpha value is -2.45. The molecule has 2 amide bonds. The Balaban J connectivity index is 1.24. The van der Waals surface area contributed by atoms with E-state index >= 15 is 0 Å². The lowest BCUT2D eigenvalue weighted by molar-refractivity contribution is -0.135. The van der Waals surface area contributed by atoms with Crippen LogP contribution in [0.4, 0.5) is 0 Å². The predicted molar refractivity (Wildman–Crippen MR) is 123 cm³/mol. The Kier molecular flexibility index (Phi) is 5.67. The lowest BCUT2D eigenvalue weighted by atomic mass is 9.84. The molecule has 3 aliphatic rings. The number of likely N-dealkylation sites (N-methyl/N-ethyl adjacent to an activating group) is 1. The molecule has 5 heterocycles. The monoisotopic (exact) mass is 438 g/mol. The van der Waals surface area contributed by atoms with E-state index in [0.29, 0.717) is 12.2 Å². The van der Waals surface area contributed by atoms with E-state index in [9.17, 15) is 9.59 Å². The number of piperidine rings is 1. The second-order valence-corrected chi connectivity index (χ2v) is 9.77. The normalized spacial score (nSPS) is 22.2. The van der Waals surface area contributed by atoms with E-state index in [1.807, 2.05) is 40.6 Å². The van der Waals surface area contributed by atoms with Crippen molar-refractivity contribution in [3.8, 4) is 0 Å². The number of aryl methyl sites for hydroxylation is 1. The second kappa shape index (κ2) is 8.48. The molecule has 0 saturated carbocycles. The second-order valence-electron chi connectivity index (χ2n) is 9.77. The summed E-state index contributed by atoms with van der Waals surface area (Å²) < 4.78 is 1.98. The van der Waals surface area contributed by atoms with Gasteiger partial charge in [-0.05, 0) is 51.8 Å². The number of nitrogens with zero attached hydrogens (tertiary/aromatic N) is 6. The number of piperazine rings is 1. The van der Waals surface area contributed by atoms with E-state index in [1.54, 1.807) is 0 Å². The van der Waals surface area contributed by atoms with Crippen LogP contribution in [0.15, 0.2) is 24.4 Å². The molecule has 172 valence electrons. The number of pyridine rings is 1. The minimum Gasteiger partial charge on any atom is -0.341 e. The molecule has 0 aromatic carbocycles. The summed E-state index contributed by atoms with van der Waals surface area (Å²) in [6, 6.07) is 5.93. The van der Waals surface area contributed by atoms with Gasteiger partial charge in [-0.25, -0.2) is 4.98 Å². The summed E-state index contributed by atoms with van der Waals surface area (Å²) in [7, 11) is 2.13. The molecule has 1 spiro atoms. The number of likely N-dealkylation sites (tertiary alicyclic amines) is 2. The van der Waals surface area contributed by atoms with Crippen molar-refractivity contribution in [1.29, 1.82) is 0 Å². The molecule has 5 rings (SSSR count). The Morgan fingerprint density at radius 1 is 1.00 bits per heavy atom. The fourth-order valence-electron chi connectivity index (χ4n) is 5.63. The number of amides is 2. The summed E-state index contributed by atoms with van der Waals surface area (Å²) in [5, 5.41) is 0. The molecule has 0 N–H and O–H groups in total. The molecule has 0 radical (unpaired) electrons. The highest BCUT2D eigenvalue weighted by atomic mass is 16.2. The molecule has 3 aliphatic heterocycles. The summed E-state index contributed by atoms with van der Waals surface area (Å²) in [6.07, 6.45) is 5.63. The van der Waals surface area contributed by atoms with Gasteiger partial charge in [0.1, 0.15) is 11.3 Å². The van der Waals surface area contributed by atoms with Crippen molar-refractivity contribution in [2.24, 2.45) is 0 Å². The Labute approximate surface area is 189 Å². The van der Waals surface area contributed by atoms with Crippen LogP contribution in [-0.2, 0) is 4.79 Å². The average Bonchev–Trinajstić information content (AvgIpc) is 3.41. The SMILES string of the molecule is Cc1cccc2nc(C(=O)N3CCCC34CCN(C(=O)CN3CCN(C)CC3)CC4)cn12. The molecule has 8 nitrogen and oxygen atoms in total. The van der Waals surface area contributed by atoms with Gasteiger partial charge in [0.2, 0.25) is 5.91 Å². The van der Waals surface area contributed by atoms with Crippen molar-refractivity contribution in [3.05, 3.63) is 35.8 Å². The highest BCUT2D eigenvalue weighted by molar-refractivity contribution is 5.93. The van der Waals surface area contributed by atoms with E-state index < -0.39 is 0 Å². The predicted octanol–water partition coefficient (Wildman–Crippen LogP) is 1.49. The van der Waals surface area contributed by atoms with E-state index in [2.05, 4.69) is 26.7 Å². The molecule has 3 fully saturated rings. The molecule has 2 aromatic rings. The fourth-order valence-corrected chi connectivity index (χ4v) is 5.63. The molecule has 8 heteroatoms. The first kappa shape index (κ1) is 21.4. The summed E-state index contributed by atoms with van der Waals surface area (Å²) >= 11 is 0. The van der Waals surface area contributed by atoms with Crippen molar-refractivity contribution < 1.29 is 9.59 Å². The van der Waals surface area contributed by atoms with Gasteiger partial charge in [0.05, 0.1) is 6.54 Å². The van der Waals surface area contributed by atoms with E-state index in [1.165, 1.54) is 0 Å². The Morgan fingerprint density at radius 3 is 2.47 bits per heavy atom. The minimum atomic E-state index is -0.132. The van der Waals surface area contributed by atoms with Crippen LogP contribution < -0.4 is 0 Å². The molecule has 32 heavy (non-hydrogen) atoms. The molecular formula is C24H34N6O2. The van der Waals surface area contributed by atoms with E-state index in [-0.39, 0.29) is 17.4 Å². The standard InChI is InChI=1S/C24H34N6O2/c1-19-5-3-6-21-25-20(17-29(19)21)23(32)30-10-4-7-24(30)8-11-28(12-9-24)22(31)18-27-15-13-26(2)14-16-27/h3,5-6,17H,4,7-16,18H2,1-2H3. The zero-order valence-electron chi connectivity index (χ0n) is 19.3. The van der Waals surface area contributed by atoms with Gasteiger partial charge >= 0.3 is 0 Å². The maximum Gasteiger partial charge on any atom is 0.274 e. The topological polar surface area (TPSA) is 64.4 Å². The zero-order valence-corrected chi connectivity index (χ0v) is 19.3. The maximum atomic E-state index is 13.5. The van der Waals surface area contributed by atoms with E-state index in [4.69, 9.17) is 0 Å². The molecule has 2 aromatic heterocycles. The number of imidazole rings is 1. The number of hydrogen-bond donors (Lipinski definition) is 0. The van der Waals surface area contributed by atoms with Crippen LogP contribution in [0, 0.1) is 6.92 Å². The number of carbonyl (C=O) groups is 2. The van der Waals surface area contributed by atoms with Crippen LogP contribution in [0.5, 0.6) is 0 Å². The van der Waals surface area contributed by atoms with Gasteiger partial charge < -0.3 is 19.1 Å². The average molecular weight is 439 g/mol. The third-order valence-corrected chi connectivity index (χ3v) is 7.76. The summed E-state index contributed by atoms with van der Waals surface area (Å²) in [5.74, 6) is 0.263. The van der Waals surface area contributed by atoms with Gasteiger partial charge in [-0.3, -0.25) is 14.5 Å². The number of fused-ring (bicyclic) bond motifs is 1. The first-order chi connectivity index (χ1) is 15.4. The van der Waals surface area contributed by atoms with Gasteiger partial charge in [0, 0.05) is 63.2 Å². The first-order valence-electron chi connectivity index (χ1n) is 11.9. The molecule has 0 unspecified atom stereocenters. The molecule has 0 bridgehead atoms. The van der Waals surface area contributed by atoms with Crippen LogP contribution >= 0.6 is 0 Å².